The SMILES string of the molecule is CC(CNc1nc(NCc2cccc(Cl)c2)ncc1CO)c1ccccc1. The first-order chi connectivity index (χ1) is 13.2. The molecule has 140 valence electrons. The van der Waals surface area contributed by atoms with Crippen molar-refractivity contribution in [2.75, 3.05) is 17.2 Å². The Balaban J connectivity index is 1.66. The highest BCUT2D eigenvalue weighted by Gasteiger charge is 2.10. The molecule has 6 heteroatoms. The van der Waals surface area contributed by atoms with Gasteiger partial charge in [0.05, 0.1) is 6.61 Å². The molecule has 3 rings (SSSR count). The van der Waals surface area contributed by atoms with E-state index >= 15 is 0 Å². The number of aliphatic hydroxyl groups excluding tert-OH is 1. The summed E-state index contributed by atoms with van der Waals surface area (Å²) in [4.78, 5) is 8.80. The van der Waals surface area contributed by atoms with E-state index in [1.807, 2.05) is 42.5 Å². The van der Waals surface area contributed by atoms with Gasteiger partial charge in [-0.05, 0) is 29.2 Å². The summed E-state index contributed by atoms with van der Waals surface area (Å²) in [5.74, 6) is 1.46. The first kappa shape index (κ1) is 19.1. The Kier molecular flexibility index (Phi) is 6.63. The Labute approximate surface area is 164 Å². The molecule has 0 aliphatic carbocycles. The number of anilines is 2. The Morgan fingerprint density at radius 1 is 1.07 bits per heavy atom. The normalized spacial score (nSPS) is 11.8. The highest BCUT2D eigenvalue weighted by atomic mass is 35.5. The maximum Gasteiger partial charge on any atom is 0.224 e. The van der Waals surface area contributed by atoms with Gasteiger partial charge in [-0.25, -0.2) is 4.98 Å². The topological polar surface area (TPSA) is 70.1 Å². The van der Waals surface area contributed by atoms with Crippen molar-refractivity contribution in [3.8, 4) is 0 Å². The molecule has 3 aromatic rings. The Bertz CT molecular complexity index is 873. The molecule has 1 heterocycles. The van der Waals surface area contributed by atoms with Crippen LogP contribution in [0.15, 0.2) is 60.8 Å². The number of nitrogens with one attached hydrogen (secondary N) is 2. The Hall–Kier alpha value is -2.63. The summed E-state index contributed by atoms with van der Waals surface area (Å²) in [6.45, 7) is 3.32. The Morgan fingerprint density at radius 2 is 1.89 bits per heavy atom. The minimum absolute atomic E-state index is 0.114. The smallest absolute Gasteiger partial charge is 0.224 e. The molecule has 2 aromatic carbocycles. The molecule has 0 fully saturated rings. The van der Waals surface area contributed by atoms with Gasteiger partial charge in [0.1, 0.15) is 5.82 Å². The lowest BCUT2D eigenvalue weighted by molar-refractivity contribution is 0.281. The van der Waals surface area contributed by atoms with Gasteiger partial charge in [0, 0.05) is 29.9 Å². The molecule has 27 heavy (non-hydrogen) atoms. The molecular formula is C21H23ClN4O. The van der Waals surface area contributed by atoms with Gasteiger partial charge in [-0.1, -0.05) is 61.0 Å². The summed E-state index contributed by atoms with van der Waals surface area (Å²) < 4.78 is 0. The maximum absolute atomic E-state index is 9.57. The number of hydrogen-bond donors (Lipinski definition) is 3. The molecule has 0 bridgehead atoms. The molecule has 0 saturated carbocycles. The largest absolute Gasteiger partial charge is 0.391 e. The predicted molar refractivity (Wildman–Crippen MR) is 110 cm³/mol. The molecule has 1 aromatic heterocycles. The molecule has 3 N–H and O–H groups in total. The van der Waals surface area contributed by atoms with E-state index in [0.29, 0.717) is 41.4 Å². The highest BCUT2D eigenvalue weighted by Crippen LogP contribution is 2.19. The molecule has 0 radical (unpaired) electrons. The lowest BCUT2D eigenvalue weighted by atomic mass is 10.0. The van der Waals surface area contributed by atoms with Gasteiger partial charge < -0.3 is 15.7 Å². The fourth-order valence-electron chi connectivity index (χ4n) is 2.74. The molecule has 0 saturated heterocycles. The molecule has 5 nitrogen and oxygen atoms in total. The van der Waals surface area contributed by atoms with E-state index in [0.717, 1.165) is 5.56 Å². The average molecular weight is 383 g/mol. The standard InChI is InChI=1S/C21H23ClN4O/c1-15(17-7-3-2-4-8-17)11-23-20-18(14-27)13-25-21(26-20)24-12-16-6-5-9-19(22)10-16/h2-10,13,15,27H,11-12,14H2,1H3,(H2,23,24,25,26). The minimum atomic E-state index is -0.114. The van der Waals surface area contributed by atoms with Crippen LogP contribution >= 0.6 is 11.6 Å². The monoisotopic (exact) mass is 382 g/mol. The number of benzene rings is 2. The van der Waals surface area contributed by atoms with Crippen LogP contribution in [-0.2, 0) is 13.2 Å². The van der Waals surface area contributed by atoms with E-state index in [1.54, 1.807) is 6.20 Å². The first-order valence-electron chi connectivity index (χ1n) is 8.89. The molecule has 0 amide bonds. The van der Waals surface area contributed by atoms with Crippen molar-refractivity contribution in [2.24, 2.45) is 0 Å². The van der Waals surface area contributed by atoms with Crippen molar-refractivity contribution in [3.05, 3.63) is 82.5 Å². The van der Waals surface area contributed by atoms with Crippen LogP contribution in [0, 0.1) is 0 Å². The van der Waals surface area contributed by atoms with E-state index in [-0.39, 0.29) is 6.61 Å². The van der Waals surface area contributed by atoms with Crippen molar-refractivity contribution in [1.29, 1.82) is 0 Å². The molecule has 0 spiro atoms. The fourth-order valence-corrected chi connectivity index (χ4v) is 2.95. The van der Waals surface area contributed by atoms with Crippen LogP contribution in [0.4, 0.5) is 11.8 Å². The second-order valence-electron chi connectivity index (χ2n) is 6.40. The zero-order valence-corrected chi connectivity index (χ0v) is 15.9. The lowest BCUT2D eigenvalue weighted by Gasteiger charge is -2.16. The number of nitrogens with zero attached hydrogens (tertiary/aromatic N) is 2. The summed E-state index contributed by atoms with van der Waals surface area (Å²) in [6, 6.07) is 17.9. The van der Waals surface area contributed by atoms with Crippen LogP contribution in [0.2, 0.25) is 5.02 Å². The van der Waals surface area contributed by atoms with Crippen molar-refractivity contribution >= 4 is 23.4 Å². The number of rotatable bonds is 8. The van der Waals surface area contributed by atoms with Gasteiger partial charge in [-0.3, -0.25) is 0 Å². The second-order valence-corrected chi connectivity index (χ2v) is 6.84. The zero-order valence-electron chi connectivity index (χ0n) is 15.2. The van der Waals surface area contributed by atoms with Crippen molar-refractivity contribution in [3.63, 3.8) is 0 Å². The van der Waals surface area contributed by atoms with Crippen molar-refractivity contribution in [2.45, 2.75) is 26.0 Å². The number of aliphatic hydroxyl groups is 1. The van der Waals surface area contributed by atoms with Gasteiger partial charge >= 0.3 is 0 Å². The van der Waals surface area contributed by atoms with Crippen LogP contribution in [0.5, 0.6) is 0 Å². The van der Waals surface area contributed by atoms with E-state index in [4.69, 9.17) is 11.6 Å². The quantitative estimate of drug-likeness (QED) is 0.537. The summed E-state index contributed by atoms with van der Waals surface area (Å²) in [7, 11) is 0. The molecule has 1 atom stereocenters. The van der Waals surface area contributed by atoms with E-state index in [2.05, 4.69) is 39.7 Å². The van der Waals surface area contributed by atoms with Gasteiger partial charge in [0.2, 0.25) is 5.95 Å². The van der Waals surface area contributed by atoms with Crippen molar-refractivity contribution in [1.82, 2.24) is 9.97 Å². The highest BCUT2D eigenvalue weighted by molar-refractivity contribution is 6.30. The van der Waals surface area contributed by atoms with E-state index < -0.39 is 0 Å². The molecular weight excluding hydrogens is 360 g/mol. The van der Waals surface area contributed by atoms with Crippen molar-refractivity contribution < 1.29 is 5.11 Å². The summed E-state index contributed by atoms with van der Waals surface area (Å²) in [6.07, 6.45) is 1.64. The van der Waals surface area contributed by atoms with Crippen LogP contribution in [0.3, 0.4) is 0 Å². The van der Waals surface area contributed by atoms with E-state index in [1.165, 1.54) is 5.56 Å². The number of halogens is 1. The summed E-state index contributed by atoms with van der Waals surface area (Å²) in [5, 5.41) is 16.8. The molecule has 0 aliphatic rings. The third-order valence-electron chi connectivity index (χ3n) is 4.32. The zero-order chi connectivity index (χ0) is 19.1. The van der Waals surface area contributed by atoms with E-state index in [9.17, 15) is 5.11 Å². The first-order valence-corrected chi connectivity index (χ1v) is 9.27. The van der Waals surface area contributed by atoms with Crippen LogP contribution < -0.4 is 10.6 Å². The summed E-state index contributed by atoms with van der Waals surface area (Å²) >= 11 is 6.02. The molecule has 1 unspecified atom stereocenters. The van der Waals surface area contributed by atoms with Gasteiger partial charge in [-0.15, -0.1) is 0 Å². The minimum Gasteiger partial charge on any atom is -0.391 e. The number of hydrogen-bond acceptors (Lipinski definition) is 5. The van der Waals surface area contributed by atoms with Crippen LogP contribution in [0.25, 0.3) is 0 Å². The maximum atomic E-state index is 9.57. The van der Waals surface area contributed by atoms with Crippen LogP contribution in [-0.4, -0.2) is 21.6 Å². The third-order valence-corrected chi connectivity index (χ3v) is 4.55. The fraction of sp³-hybridized carbons (Fsp3) is 0.238. The van der Waals surface area contributed by atoms with Gasteiger partial charge in [0.15, 0.2) is 0 Å². The average Bonchev–Trinajstić information content (AvgIpc) is 2.71. The van der Waals surface area contributed by atoms with Gasteiger partial charge in [-0.2, -0.15) is 4.98 Å². The third kappa shape index (κ3) is 5.42. The predicted octanol–water partition coefficient (Wildman–Crippen LogP) is 4.45. The Morgan fingerprint density at radius 3 is 2.63 bits per heavy atom. The van der Waals surface area contributed by atoms with Crippen LogP contribution in [0.1, 0.15) is 29.5 Å². The molecule has 0 aliphatic heterocycles. The summed E-state index contributed by atoms with van der Waals surface area (Å²) in [5.41, 5.74) is 2.97. The second kappa shape index (κ2) is 9.35. The van der Waals surface area contributed by atoms with Gasteiger partial charge in [0.25, 0.3) is 0 Å². The lowest BCUT2D eigenvalue weighted by Crippen LogP contribution is -2.14. The number of aromatic nitrogens is 2.